The first-order valence-corrected chi connectivity index (χ1v) is 4.47. The van der Waals surface area contributed by atoms with Crippen molar-refractivity contribution >= 4 is 0 Å². The van der Waals surface area contributed by atoms with E-state index in [1.165, 1.54) is 5.56 Å². The lowest BCUT2D eigenvalue weighted by Crippen LogP contribution is -2.17. The van der Waals surface area contributed by atoms with E-state index in [4.69, 9.17) is 0 Å². The number of nitrogens with one attached hydrogen (secondary N) is 1. The van der Waals surface area contributed by atoms with Gasteiger partial charge in [-0.2, -0.15) is 0 Å². The van der Waals surface area contributed by atoms with E-state index in [-0.39, 0.29) is 0 Å². The zero-order valence-corrected chi connectivity index (χ0v) is 7.42. The van der Waals surface area contributed by atoms with Crippen molar-refractivity contribution in [2.45, 2.75) is 12.8 Å². The van der Waals surface area contributed by atoms with E-state index in [1.54, 1.807) is 0 Å². The minimum atomic E-state index is 0.967. The molecule has 0 saturated heterocycles. The standard InChI is InChI=1S/C11H16N/c1-2-9-12-10-8-11-6-4-3-5-7-11/h3-7,12H,1-2,8-10H2. The molecule has 1 aromatic rings. The highest BCUT2D eigenvalue weighted by molar-refractivity contribution is 5.14. The van der Waals surface area contributed by atoms with E-state index < -0.39 is 0 Å². The Morgan fingerprint density at radius 2 is 1.83 bits per heavy atom. The molecule has 1 aromatic carbocycles. The van der Waals surface area contributed by atoms with Gasteiger partial charge >= 0.3 is 0 Å². The third-order valence-electron chi connectivity index (χ3n) is 1.79. The van der Waals surface area contributed by atoms with Crippen LogP contribution in [0.25, 0.3) is 0 Å². The van der Waals surface area contributed by atoms with Gasteiger partial charge in [-0.25, -0.2) is 0 Å². The van der Waals surface area contributed by atoms with E-state index >= 15 is 0 Å². The van der Waals surface area contributed by atoms with Crippen LogP contribution in [0.15, 0.2) is 30.3 Å². The number of rotatable bonds is 5. The topological polar surface area (TPSA) is 12.0 Å². The molecule has 0 unspecified atom stereocenters. The Balaban J connectivity index is 2.16. The highest BCUT2D eigenvalue weighted by Gasteiger charge is 1.89. The number of hydrogen-bond donors (Lipinski definition) is 1. The van der Waals surface area contributed by atoms with Gasteiger partial charge < -0.3 is 5.32 Å². The van der Waals surface area contributed by atoms with Crippen LogP contribution >= 0.6 is 0 Å². The van der Waals surface area contributed by atoms with Crippen molar-refractivity contribution in [1.82, 2.24) is 5.32 Å². The summed E-state index contributed by atoms with van der Waals surface area (Å²) in [5, 5.41) is 3.32. The van der Waals surface area contributed by atoms with Gasteiger partial charge in [0, 0.05) is 0 Å². The van der Waals surface area contributed by atoms with Gasteiger partial charge in [0.05, 0.1) is 0 Å². The normalized spacial score (nSPS) is 10.1. The van der Waals surface area contributed by atoms with E-state index in [9.17, 15) is 0 Å². The Hall–Kier alpha value is -0.820. The summed E-state index contributed by atoms with van der Waals surface area (Å²) in [6, 6.07) is 10.5. The summed E-state index contributed by atoms with van der Waals surface area (Å²) in [6.07, 6.45) is 2.08. The fourth-order valence-corrected chi connectivity index (χ4v) is 1.13. The maximum absolute atomic E-state index is 3.77. The summed E-state index contributed by atoms with van der Waals surface area (Å²) in [5.74, 6) is 0. The van der Waals surface area contributed by atoms with E-state index in [0.717, 1.165) is 25.9 Å². The quantitative estimate of drug-likeness (QED) is 0.653. The van der Waals surface area contributed by atoms with Crippen molar-refractivity contribution < 1.29 is 0 Å². The molecule has 0 aliphatic carbocycles. The van der Waals surface area contributed by atoms with Crippen LogP contribution in [0, 0.1) is 6.92 Å². The van der Waals surface area contributed by atoms with Gasteiger partial charge in [0.15, 0.2) is 0 Å². The molecule has 1 heteroatoms. The molecule has 1 N–H and O–H groups in total. The third kappa shape index (κ3) is 3.54. The second-order valence-corrected chi connectivity index (χ2v) is 2.84. The fourth-order valence-electron chi connectivity index (χ4n) is 1.13. The molecular weight excluding hydrogens is 146 g/mol. The first-order valence-electron chi connectivity index (χ1n) is 4.47. The van der Waals surface area contributed by atoms with Gasteiger partial charge in [-0.3, -0.25) is 0 Å². The highest BCUT2D eigenvalue weighted by Crippen LogP contribution is 1.97. The van der Waals surface area contributed by atoms with Gasteiger partial charge in [-0.1, -0.05) is 37.3 Å². The fraction of sp³-hybridized carbons (Fsp3) is 0.364. The second-order valence-electron chi connectivity index (χ2n) is 2.84. The number of benzene rings is 1. The SMILES string of the molecule is [CH2]CCNCCc1ccccc1. The minimum absolute atomic E-state index is 0.967. The van der Waals surface area contributed by atoms with Crippen molar-refractivity contribution in [2.75, 3.05) is 13.1 Å². The second kappa shape index (κ2) is 5.78. The molecule has 1 rings (SSSR count). The Bertz CT molecular complexity index is 193. The van der Waals surface area contributed by atoms with Gasteiger partial charge in [0.2, 0.25) is 0 Å². The maximum Gasteiger partial charge on any atom is -0.000835 e. The first-order chi connectivity index (χ1) is 5.93. The molecule has 0 heterocycles. The van der Waals surface area contributed by atoms with Crippen LogP contribution in [-0.4, -0.2) is 13.1 Å². The summed E-state index contributed by atoms with van der Waals surface area (Å²) in [7, 11) is 0. The van der Waals surface area contributed by atoms with E-state index in [0.29, 0.717) is 0 Å². The van der Waals surface area contributed by atoms with Gasteiger partial charge in [0.25, 0.3) is 0 Å². The lowest BCUT2D eigenvalue weighted by molar-refractivity contribution is 0.688. The predicted octanol–water partition coefficient (Wildman–Crippen LogP) is 2.04. The molecule has 0 amide bonds. The molecule has 12 heavy (non-hydrogen) atoms. The smallest absolute Gasteiger partial charge is 0.000835 e. The summed E-state index contributed by atoms with van der Waals surface area (Å²) in [4.78, 5) is 0. The highest BCUT2D eigenvalue weighted by atomic mass is 14.8. The molecular formula is C11H16N. The summed E-state index contributed by atoms with van der Waals surface area (Å²) < 4.78 is 0. The summed E-state index contributed by atoms with van der Waals surface area (Å²) >= 11 is 0. The molecule has 0 fully saturated rings. The van der Waals surface area contributed by atoms with E-state index in [2.05, 4.69) is 36.5 Å². The molecule has 0 aliphatic heterocycles. The van der Waals surface area contributed by atoms with Crippen molar-refractivity contribution in [3.05, 3.63) is 42.8 Å². The van der Waals surface area contributed by atoms with Crippen molar-refractivity contribution in [3.8, 4) is 0 Å². The van der Waals surface area contributed by atoms with Crippen LogP contribution in [0.4, 0.5) is 0 Å². The monoisotopic (exact) mass is 162 g/mol. The first kappa shape index (κ1) is 9.27. The maximum atomic E-state index is 3.77. The molecule has 0 saturated carbocycles. The van der Waals surface area contributed by atoms with Crippen LogP contribution in [0.3, 0.4) is 0 Å². The zero-order valence-electron chi connectivity index (χ0n) is 7.42. The Morgan fingerprint density at radius 1 is 1.08 bits per heavy atom. The van der Waals surface area contributed by atoms with Crippen LogP contribution in [0.1, 0.15) is 12.0 Å². The van der Waals surface area contributed by atoms with E-state index in [1.807, 2.05) is 6.07 Å². The molecule has 0 aliphatic rings. The van der Waals surface area contributed by atoms with Crippen LogP contribution < -0.4 is 5.32 Å². The molecule has 0 aromatic heterocycles. The summed E-state index contributed by atoms with van der Waals surface area (Å²) in [5.41, 5.74) is 1.40. The van der Waals surface area contributed by atoms with Crippen LogP contribution in [0.5, 0.6) is 0 Å². The third-order valence-corrected chi connectivity index (χ3v) is 1.79. The minimum Gasteiger partial charge on any atom is -0.316 e. The molecule has 0 atom stereocenters. The molecule has 0 bridgehead atoms. The van der Waals surface area contributed by atoms with Crippen molar-refractivity contribution in [2.24, 2.45) is 0 Å². The Labute approximate surface area is 74.8 Å². The van der Waals surface area contributed by atoms with Crippen molar-refractivity contribution in [1.29, 1.82) is 0 Å². The molecule has 1 nitrogen and oxygen atoms in total. The van der Waals surface area contributed by atoms with Crippen LogP contribution in [-0.2, 0) is 6.42 Å². The molecule has 1 radical (unpaired) electrons. The lowest BCUT2D eigenvalue weighted by Gasteiger charge is -2.02. The molecule has 65 valence electrons. The van der Waals surface area contributed by atoms with Gasteiger partial charge in [0.1, 0.15) is 0 Å². The van der Waals surface area contributed by atoms with Gasteiger partial charge in [-0.05, 0) is 31.5 Å². The van der Waals surface area contributed by atoms with Gasteiger partial charge in [-0.15, -0.1) is 0 Å². The molecule has 0 spiro atoms. The predicted molar refractivity (Wildman–Crippen MR) is 53.0 cm³/mol. The largest absolute Gasteiger partial charge is 0.316 e. The van der Waals surface area contributed by atoms with Crippen LogP contribution in [0.2, 0.25) is 0 Å². The Morgan fingerprint density at radius 3 is 2.50 bits per heavy atom. The number of hydrogen-bond acceptors (Lipinski definition) is 1. The average molecular weight is 162 g/mol. The average Bonchev–Trinajstić information content (AvgIpc) is 2.14. The zero-order chi connectivity index (χ0) is 8.65. The Kier molecular flexibility index (Phi) is 4.47. The summed E-state index contributed by atoms with van der Waals surface area (Å²) in [6.45, 7) is 5.84. The lowest BCUT2D eigenvalue weighted by atomic mass is 10.1. The van der Waals surface area contributed by atoms with Crippen molar-refractivity contribution in [3.63, 3.8) is 0 Å².